The van der Waals surface area contributed by atoms with Crippen molar-refractivity contribution in [2.75, 3.05) is 5.43 Å². The molecule has 0 saturated heterocycles. The van der Waals surface area contributed by atoms with Gasteiger partial charge in [-0.3, -0.25) is 10.4 Å². The van der Waals surface area contributed by atoms with Crippen LogP contribution in [0.5, 0.6) is 0 Å². The second kappa shape index (κ2) is 1.93. The highest BCUT2D eigenvalue weighted by atomic mass is 15.3. The molecule has 1 aliphatic rings. The van der Waals surface area contributed by atoms with Gasteiger partial charge in [0.2, 0.25) is 0 Å². The number of fused-ring (bicyclic) bond motifs is 1. The lowest BCUT2D eigenvalue weighted by Gasteiger charge is -2.01. The van der Waals surface area contributed by atoms with E-state index >= 15 is 0 Å². The molecule has 1 aromatic heterocycles. The van der Waals surface area contributed by atoms with Crippen LogP contribution in [-0.2, 0) is 0 Å². The molecule has 1 N–H and O–H groups in total. The van der Waals surface area contributed by atoms with Gasteiger partial charge >= 0.3 is 0 Å². The molecular weight excluding hydrogens is 128 g/mol. The molecule has 0 unspecified atom stereocenters. The second-order valence-corrected chi connectivity index (χ2v) is 1.79. The third kappa shape index (κ3) is 0.674. The van der Waals surface area contributed by atoms with E-state index in [0.29, 0.717) is 5.82 Å². The standard InChI is InChI=1S/C6H4N4/c1-2-9-10-6-5(1)7-3-4-8-6/h1,3-4H,(H,8,10). The first-order valence-electron chi connectivity index (χ1n) is 2.82. The van der Waals surface area contributed by atoms with Crippen molar-refractivity contribution in [3.8, 4) is 0 Å². The van der Waals surface area contributed by atoms with Crippen LogP contribution in [0, 0.1) is 0 Å². The summed E-state index contributed by atoms with van der Waals surface area (Å²) in [6.07, 6.45) is 4.92. The molecule has 4 nitrogen and oxygen atoms in total. The normalized spacial score (nSPS) is 12.4. The molecule has 2 rings (SSSR count). The van der Waals surface area contributed by atoms with Gasteiger partial charge in [0.1, 0.15) is 5.69 Å². The number of hydrogen-bond donors (Lipinski definition) is 1. The number of nitrogens with one attached hydrogen (secondary N) is 1. The average molecular weight is 132 g/mol. The molecule has 0 fully saturated rings. The van der Waals surface area contributed by atoms with Gasteiger partial charge in [0.05, 0.1) is 0 Å². The fourth-order valence-electron chi connectivity index (χ4n) is 0.719. The molecule has 2 heterocycles. The molecule has 1 aliphatic heterocycles. The smallest absolute Gasteiger partial charge is 0.173 e. The maximum atomic E-state index is 4.02. The van der Waals surface area contributed by atoms with Gasteiger partial charge in [-0.15, -0.1) is 5.10 Å². The Labute approximate surface area is 57.3 Å². The minimum absolute atomic E-state index is 0.682. The van der Waals surface area contributed by atoms with Gasteiger partial charge in [-0.25, -0.2) is 4.98 Å². The van der Waals surface area contributed by atoms with Crippen molar-refractivity contribution in [3.63, 3.8) is 0 Å². The molecule has 4 heteroatoms. The Bertz CT molecular complexity index is 311. The topological polar surface area (TPSA) is 50.2 Å². The lowest BCUT2D eigenvalue weighted by Crippen LogP contribution is -1.99. The van der Waals surface area contributed by atoms with Gasteiger partial charge in [-0.1, -0.05) is 0 Å². The Morgan fingerprint density at radius 1 is 1.30 bits per heavy atom. The van der Waals surface area contributed by atoms with E-state index < -0.39 is 0 Å². The summed E-state index contributed by atoms with van der Waals surface area (Å²) in [5, 5.41) is 3.66. The highest BCUT2D eigenvalue weighted by Gasteiger charge is 2.01. The summed E-state index contributed by atoms with van der Waals surface area (Å²) in [4.78, 5) is 8.00. The first-order valence-corrected chi connectivity index (χ1v) is 2.82. The summed E-state index contributed by atoms with van der Waals surface area (Å²) >= 11 is 0. The van der Waals surface area contributed by atoms with E-state index in [1.165, 1.54) is 0 Å². The lowest BCUT2D eigenvalue weighted by atomic mass is 10.4. The fourth-order valence-corrected chi connectivity index (χ4v) is 0.719. The third-order valence-electron chi connectivity index (χ3n) is 1.15. The van der Waals surface area contributed by atoms with Crippen molar-refractivity contribution in [1.82, 2.24) is 9.97 Å². The maximum Gasteiger partial charge on any atom is 0.173 e. The maximum absolute atomic E-state index is 4.02. The monoisotopic (exact) mass is 132 g/mol. The lowest BCUT2D eigenvalue weighted by molar-refractivity contribution is 1.14. The Hall–Kier alpha value is -1.67. The highest BCUT2D eigenvalue weighted by molar-refractivity contribution is 5.83. The number of rotatable bonds is 0. The second-order valence-electron chi connectivity index (χ2n) is 1.79. The predicted octanol–water partition coefficient (Wildman–Crippen LogP) is 0.500. The summed E-state index contributed by atoms with van der Waals surface area (Å²) in [5.74, 6) is 3.31. The number of anilines is 1. The molecule has 0 atom stereocenters. The molecule has 0 bridgehead atoms. The fraction of sp³-hybridized carbons (Fsp3) is 0. The van der Waals surface area contributed by atoms with Gasteiger partial charge in [0.25, 0.3) is 0 Å². The minimum Gasteiger partial charge on any atom is -0.251 e. The first-order chi connectivity index (χ1) is 4.97. The molecule has 0 spiro atoms. The zero-order valence-electron chi connectivity index (χ0n) is 5.07. The Morgan fingerprint density at radius 2 is 2.20 bits per heavy atom. The van der Waals surface area contributed by atoms with E-state index in [-0.39, 0.29) is 0 Å². The van der Waals surface area contributed by atoms with E-state index in [1.54, 1.807) is 18.5 Å². The van der Waals surface area contributed by atoms with E-state index in [2.05, 4.69) is 26.4 Å². The van der Waals surface area contributed by atoms with Gasteiger partial charge in [-0.05, 0) is 0 Å². The number of hydrazone groups is 1. The van der Waals surface area contributed by atoms with Gasteiger partial charge in [0.15, 0.2) is 5.82 Å². The number of nitrogens with zero attached hydrogens (tertiary/aromatic N) is 3. The van der Waals surface area contributed by atoms with Gasteiger partial charge in [-0.2, -0.15) is 0 Å². The van der Waals surface area contributed by atoms with Crippen molar-refractivity contribution in [2.45, 2.75) is 0 Å². The van der Waals surface area contributed by atoms with Crippen LogP contribution in [0.3, 0.4) is 0 Å². The molecule has 48 valence electrons. The molecule has 10 heavy (non-hydrogen) atoms. The van der Waals surface area contributed by atoms with Crippen molar-refractivity contribution >= 4 is 17.8 Å². The van der Waals surface area contributed by atoms with Crippen LogP contribution in [0.2, 0.25) is 0 Å². The van der Waals surface area contributed by atoms with Gasteiger partial charge in [0, 0.05) is 24.3 Å². The van der Waals surface area contributed by atoms with E-state index in [0.717, 1.165) is 5.69 Å². The molecule has 0 aliphatic carbocycles. The molecule has 0 aromatic carbocycles. The SMILES string of the molecule is C1=Cc2nccnc2NN=1. The number of hydrogen-bond acceptors (Lipinski definition) is 4. The summed E-state index contributed by atoms with van der Waals surface area (Å²) in [6, 6.07) is 0. The predicted molar refractivity (Wildman–Crippen MR) is 37.6 cm³/mol. The molecule has 0 radical (unpaired) electrons. The van der Waals surface area contributed by atoms with Crippen LogP contribution in [-0.4, -0.2) is 15.8 Å². The zero-order valence-corrected chi connectivity index (χ0v) is 5.07. The van der Waals surface area contributed by atoms with Crippen molar-refractivity contribution < 1.29 is 0 Å². The quantitative estimate of drug-likeness (QED) is 0.559. The van der Waals surface area contributed by atoms with Crippen LogP contribution in [0.25, 0.3) is 6.08 Å². The Morgan fingerprint density at radius 3 is 3.10 bits per heavy atom. The highest BCUT2D eigenvalue weighted by Crippen LogP contribution is 2.10. The molecule has 1 aromatic rings. The Balaban J connectivity index is 2.63. The van der Waals surface area contributed by atoms with E-state index in [1.807, 2.05) is 0 Å². The molecule has 0 amide bonds. The van der Waals surface area contributed by atoms with Crippen LogP contribution in [0.4, 0.5) is 5.82 Å². The molecular formula is C6H4N4. The van der Waals surface area contributed by atoms with E-state index in [4.69, 9.17) is 0 Å². The van der Waals surface area contributed by atoms with Crippen LogP contribution in [0.1, 0.15) is 5.69 Å². The van der Waals surface area contributed by atoms with Crippen molar-refractivity contribution in [1.29, 1.82) is 0 Å². The average Bonchev–Trinajstić information content (AvgIpc) is 2.05. The van der Waals surface area contributed by atoms with Crippen LogP contribution < -0.4 is 5.43 Å². The van der Waals surface area contributed by atoms with E-state index in [9.17, 15) is 0 Å². The van der Waals surface area contributed by atoms with Gasteiger partial charge < -0.3 is 0 Å². The summed E-state index contributed by atoms with van der Waals surface area (Å²) in [7, 11) is 0. The van der Waals surface area contributed by atoms with Crippen molar-refractivity contribution in [3.05, 3.63) is 18.1 Å². The molecule has 0 saturated carbocycles. The minimum atomic E-state index is 0.682. The first kappa shape index (κ1) is 5.14. The zero-order chi connectivity index (χ0) is 6.81. The summed E-state index contributed by atoms with van der Waals surface area (Å²) < 4.78 is 0. The summed E-state index contributed by atoms with van der Waals surface area (Å²) in [6.45, 7) is 0. The van der Waals surface area contributed by atoms with Crippen LogP contribution >= 0.6 is 0 Å². The third-order valence-corrected chi connectivity index (χ3v) is 1.15. The summed E-state index contributed by atoms with van der Waals surface area (Å²) in [5.41, 5.74) is 3.45. The van der Waals surface area contributed by atoms with Crippen molar-refractivity contribution in [2.24, 2.45) is 5.10 Å². The van der Waals surface area contributed by atoms with Crippen LogP contribution in [0.15, 0.2) is 17.5 Å². The number of aromatic nitrogens is 2. The largest absolute Gasteiger partial charge is 0.251 e. The Kier molecular flexibility index (Phi) is 0.993.